The summed E-state index contributed by atoms with van der Waals surface area (Å²) in [6.07, 6.45) is 9.73. The second kappa shape index (κ2) is 9.00. The largest absolute Gasteiger partial charge is 0.317 e. The van der Waals surface area contributed by atoms with Crippen LogP contribution < -0.4 is 0 Å². The number of aromatic nitrogens is 4. The molecule has 4 nitrogen and oxygen atoms in total. The molecule has 0 radical (unpaired) electrons. The van der Waals surface area contributed by atoms with E-state index in [1.807, 2.05) is 0 Å². The van der Waals surface area contributed by atoms with Crippen molar-refractivity contribution in [2.45, 2.75) is 26.3 Å². The molecule has 4 heteroatoms. The number of nitrogens with zero attached hydrogens (tertiary/aromatic N) is 4. The molecule has 1 aliphatic carbocycles. The van der Waals surface area contributed by atoms with Gasteiger partial charge in [-0.15, -0.1) is 0 Å². The molecular weight excluding hydrogens is 464 g/mol. The molecule has 1 unspecified atom stereocenters. The van der Waals surface area contributed by atoms with Crippen molar-refractivity contribution >= 4 is 22.1 Å². The summed E-state index contributed by atoms with van der Waals surface area (Å²) >= 11 is 0. The first-order valence-corrected chi connectivity index (χ1v) is 13.1. The molecule has 0 spiro atoms. The molecule has 0 bridgehead atoms. The van der Waals surface area contributed by atoms with Crippen LogP contribution in [0.2, 0.25) is 0 Å². The van der Waals surface area contributed by atoms with Crippen LogP contribution in [0.5, 0.6) is 0 Å². The quantitative estimate of drug-likeness (QED) is 0.248. The van der Waals surface area contributed by atoms with E-state index in [0.717, 1.165) is 51.4 Å². The summed E-state index contributed by atoms with van der Waals surface area (Å²) in [6, 6.07) is 32.1. The number of aryl methyl sites for hydroxylation is 2. The predicted molar refractivity (Wildman–Crippen MR) is 157 cm³/mol. The van der Waals surface area contributed by atoms with Crippen LogP contribution in [-0.4, -0.2) is 19.1 Å². The van der Waals surface area contributed by atoms with Gasteiger partial charge in [0.05, 0.1) is 28.1 Å². The first-order valence-electron chi connectivity index (χ1n) is 13.1. The first-order chi connectivity index (χ1) is 18.7. The van der Waals surface area contributed by atoms with Gasteiger partial charge in [0.2, 0.25) is 0 Å². The highest BCUT2D eigenvalue weighted by atomic mass is 15.1. The third kappa shape index (κ3) is 3.60. The average Bonchev–Trinajstić information content (AvgIpc) is 3.54. The Morgan fingerprint density at radius 1 is 0.658 bits per heavy atom. The van der Waals surface area contributed by atoms with Gasteiger partial charge in [0.15, 0.2) is 0 Å². The zero-order valence-corrected chi connectivity index (χ0v) is 21.5. The Morgan fingerprint density at radius 3 is 1.97 bits per heavy atom. The van der Waals surface area contributed by atoms with Gasteiger partial charge in [0.25, 0.3) is 0 Å². The summed E-state index contributed by atoms with van der Waals surface area (Å²) in [5, 5.41) is 0. The normalized spacial score (nSPS) is 15.1. The molecule has 38 heavy (non-hydrogen) atoms. The zero-order chi connectivity index (χ0) is 25.6. The van der Waals surface area contributed by atoms with Crippen LogP contribution in [-0.2, 0) is 0 Å². The van der Waals surface area contributed by atoms with Crippen molar-refractivity contribution < 1.29 is 0 Å². The maximum atomic E-state index is 5.15. The van der Waals surface area contributed by atoms with Gasteiger partial charge in [0.1, 0.15) is 11.6 Å². The second-order valence-electron chi connectivity index (χ2n) is 9.99. The molecule has 0 aliphatic heterocycles. The molecule has 7 rings (SSSR count). The van der Waals surface area contributed by atoms with Gasteiger partial charge in [-0.3, -0.25) is 4.57 Å². The van der Waals surface area contributed by atoms with E-state index in [-0.39, 0.29) is 6.04 Å². The van der Waals surface area contributed by atoms with Crippen molar-refractivity contribution in [1.29, 1.82) is 0 Å². The lowest BCUT2D eigenvalue weighted by molar-refractivity contribution is 0.630. The summed E-state index contributed by atoms with van der Waals surface area (Å²) in [6.45, 7) is 4.37. The Balaban J connectivity index is 1.43. The number of hydrogen-bond acceptors (Lipinski definition) is 2. The Labute approximate surface area is 222 Å². The predicted octanol–water partition coefficient (Wildman–Crippen LogP) is 8.38. The van der Waals surface area contributed by atoms with E-state index < -0.39 is 0 Å². The van der Waals surface area contributed by atoms with Gasteiger partial charge in [-0.2, -0.15) is 0 Å². The summed E-state index contributed by atoms with van der Waals surface area (Å²) in [7, 11) is 0. The average molecular weight is 493 g/mol. The van der Waals surface area contributed by atoms with E-state index in [1.165, 1.54) is 16.6 Å². The van der Waals surface area contributed by atoms with Crippen LogP contribution in [0, 0.1) is 13.8 Å². The van der Waals surface area contributed by atoms with Crippen LogP contribution in [0.4, 0.5) is 0 Å². The fourth-order valence-electron chi connectivity index (χ4n) is 5.67. The molecule has 0 N–H and O–H groups in total. The minimum atomic E-state index is 0.240. The number of para-hydroxylation sites is 5. The molecule has 0 amide bonds. The lowest BCUT2D eigenvalue weighted by Crippen LogP contribution is -2.09. The summed E-state index contributed by atoms with van der Waals surface area (Å²) in [5.74, 6) is 1.97. The molecular formula is C34H28N4. The number of fused-ring (bicyclic) bond motifs is 2. The molecule has 0 fully saturated rings. The summed E-state index contributed by atoms with van der Waals surface area (Å²) < 4.78 is 4.67. The molecule has 1 atom stereocenters. The molecule has 0 saturated carbocycles. The monoisotopic (exact) mass is 492 g/mol. The fraction of sp³-hybridized carbons (Fsp3) is 0.118. The Morgan fingerprint density at radius 2 is 1.26 bits per heavy atom. The van der Waals surface area contributed by atoms with Crippen molar-refractivity contribution in [3.63, 3.8) is 0 Å². The molecule has 4 aromatic carbocycles. The minimum Gasteiger partial charge on any atom is -0.317 e. The zero-order valence-electron chi connectivity index (χ0n) is 21.5. The van der Waals surface area contributed by atoms with Crippen LogP contribution in [0.1, 0.15) is 23.6 Å². The van der Waals surface area contributed by atoms with Gasteiger partial charge >= 0.3 is 0 Å². The van der Waals surface area contributed by atoms with E-state index >= 15 is 0 Å². The highest BCUT2D eigenvalue weighted by Crippen LogP contribution is 2.37. The first kappa shape index (κ1) is 22.5. The smallest absolute Gasteiger partial charge is 0.146 e. The molecule has 1 aliphatic rings. The highest BCUT2D eigenvalue weighted by molar-refractivity contribution is 5.86. The van der Waals surface area contributed by atoms with Crippen LogP contribution >= 0.6 is 0 Å². The van der Waals surface area contributed by atoms with Crippen molar-refractivity contribution in [3.05, 3.63) is 126 Å². The number of benzene rings is 4. The van der Waals surface area contributed by atoms with Crippen molar-refractivity contribution in [1.82, 2.24) is 19.1 Å². The van der Waals surface area contributed by atoms with Gasteiger partial charge in [-0.25, -0.2) is 9.97 Å². The standard InChI is InChI=1S/C34H28N4/c1-23-21-28(34-36-30-18-10-12-20-32(30)38(34)26-15-7-4-8-16-26)24(2)22-27(23)33-35-29-17-9-11-19-31(29)37(33)25-13-5-3-6-14-25/h3-15,17-22,26H,16H2,1-2H3. The molecule has 0 saturated heterocycles. The number of rotatable bonds is 4. The lowest BCUT2D eigenvalue weighted by Gasteiger charge is -2.21. The van der Waals surface area contributed by atoms with Gasteiger partial charge in [0, 0.05) is 16.8 Å². The summed E-state index contributed by atoms with van der Waals surface area (Å²) in [4.78, 5) is 10.3. The third-order valence-corrected chi connectivity index (χ3v) is 7.51. The van der Waals surface area contributed by atoms with Crippen molar-refractivity contribution in [2.75, 3.05) is 0 Å². The fourth-order valence-corrected chi connectivity index (χ4v) is 5.67. The van der Waals surface area contributed by atoms with Gasteiger partial charge in [-0.05, 0) is 79.9 Å². The maximum Gasteiger partial charge on any atom is 0.146 e. The number of imidazole rings is 2. The van der Waals surface area contributed by atoms with E-state index in [2.05, 4.69) is 138 Å². The molecule has 6 aromatic rings. The lowest BCUT2D eigenvalue weighted by atomic mass is 9.98. The van der Waals surface area contributed by atoms with Crippen LogP contribution in [0.15, 0.2) is 115 Å². The van der Waals surface area contributed by atoms with E-state index in [1.54, 1.807) is 0 Å². The Kier molecular flexibility index (Phi) is 5.33. The van der Waals surface area contributed by atoms with E-state index in [0.29, 0.717) is 0 Å². The second-order valence-corrected chi connectivity index (χ2v) is 9.99. The maximum absolute atomic E-state index is 5.15. The number of hydrogen-bond donors (Lipinski definition) is 0. The van der Waals surface area contributed by atoms with Gasteiger partial charge in [-0.1, -0.05) is 66.8 Å². The van der Waals surface area contributed by atoms with E-state index in [9.17, 15) is 0 Å². The summed E-state index contributed by atoms with van der Waals surface area (Å²) in [5.41, 5.74) is 10.1. The minimum absolute atomic E-state index is 0.240. The van der Waals surface area contributed by atoms with E-state index in [4.69, 9.17) is 9.97 Å². The molecule has 2 aromatic heterocycles. The van der Waals surface area contributed by atoms with Crippen molar-refractivity contribution in [3.8, 4) is 28.5 Å². The third-order valence-electron chi connectivity index (χ3n) is 7.51. The van der Waals surface area contributed by atoms with Crippen LogP contribution in [0.25, 0.3) is 50.5 Å². The Bertz CT molecular complexity index is 1870. The SMILES string of the molecule is Cc1cc(-c2nc3ccccc3n2C2C=CC=CC2)c(C)cc1-c1nc2ccccc2n1-c1ccccc1. The number of allylic oxidation sites excluding steroid dienone is 4. The Hall–Kier alpha value is -4.70. The van der Waals surface area contributed by atoms with Crippen LogP contribution in [0.3, 0.4) is 0 Å². The molecule has 2 heterocycles. The van der Waals surface area contributed by atoms with Crippen molar-refractivity contribution in [2.24, 2.45) is 0 Å². The topological polar surface area (TPSA) is 35.6 Å². The molecule has 184 valence electrons. The highest BCUT2D eigenvalue weighted by Gasteiger charge is 2.22. The van der Waals surface area contributed by atoms with Gasteiger partial charge < -0.3 is 4.57 Å².